The van der Waals surface area contributed by atoms with Crippen molar-refractivity contribution in [2.24, 2.45) is 0 Å². The molecule has 2 aliphatic rings. The van der Waals surface area contributed by atoms with Crippen molar-refractivity contribution in [3.05, 3.63) is 35.4 Å². The highest BCUT2D eigenvalue weighted by atomic mass is 32.2. The number of carboxylic acids is 1. The fraction of sp³-hybridized carbons (Fsp3) is 0.611. The molecule has 1 aromatic rings. The summed E-state index contributed by atoms with van der Waals surface area (Å²) in [6.45, 7) is 2.05. The largest absolute Gasteiger partial charge is 0.478 e. The Morgan fingerprint density at radius 3 is 2.44 bits per heavy atom. The van der Waals surface area contributed by atoms with Gasteiger partial charge in [0.05, 0.1) is 10.8 Å². The smallest absolute Gasteiger partial charge is 0.335 e. The second kappa shape index (κ2) is 7.85. The van der Waals surface area contributed by atoms with Crippen LogP contribution in [0.3, 0.4) is 0 Å². The Morgan fingerprint density at radius 2 is 1.80 bits per heavy atom. The molecule has 1 unspecified atom stereocenters. The summed E-state index contributed by atoms with van der Waals surface area (Å²) >= 11 is 0. The standard InChI is InChI=1S/C18H26N2O4S/c21-18(22)15-9-7-14(8-10-15)12-20-11-3-6-17(13-20)25(23,24)19-16-4-1-2-5-16/h7-10,16-17,19H,1-6,11-13H2,(H,21,22). The van der Waals surface area contributed by atoms with E-state index in [1.165, 1.54) is 0 Å². The fourth-order valence-electron chi connectivity index (χ4n) is 3.79. The lowest BCUT2D eigenvalue weighted by atomic mass is 10.1. The molecule has 0 aromatic heterocycles. The summed E-state index contributed by atoms with van der Waals surface area (Å²) in [5, 5.41) is 8.59. The van der Waals surface area contributed by atoms with Crippen molar-refractivity contribution >= 4 is 16.0 Å². The topological polar surface area (TPSA) is 86.7 Å². The van der Waals surface area contributed by atoms with E-state index in [1.807, 2.05) is 0 Å². The average molecular weight is 366 g/mol. The van der Waals surface area contributed by atoms with Gasteiger partial charge < -0.3 is 5.11 Å². The van der Waals surface area contributed by atoms with Gasteiger partial charge in [-0.05, 0) is 49.9 Å². The van der Waals surface area contributed by atoms with Gasteiger partial charge in [0, 0.05) is 19.1 Å². The van der Waals surface area contributed by atoms with Crippen molar-refractivity contribution < 1.29 is 18.3 Å². The molecule has 6 nitrogen and oxygen atoms in total. The van der Waals surface area contributed by atoms with Crippen molar-refractivity contribution in [1.29, 1.82) is 0 Å². The van der Waals surface area contributed by atoms with E-state index in [0.717, 1.165) is 44.2 Å². The van der Waals surface area contributed by atoms with Gasteiger partial charge in [-0.2, -0.15) is 0 Å². The summed E-state index contributed by atoms with van der Waals surface area (Å²) in [6.07, 6.45) is 5.68. The molecule has 1 heterocycles. The van der Waals surface area contributed by atoms with E-state index in [-0.39, 0.29) is 16.9 Å². The number of carboxylic acid groups (broad SMARTS) is 1. The van der Waals surface area contributed by atoms with Gasteiger partial charge in [-0.15, -0.1) is 0 Å². The van der Waals surface area contributed by atoms with Crippen LogP contribution in [0.4, 0.5) is 0 Å². The van der Waals surface area contributed by atoms with Crippen LogP contribution in [-0.2, 0) is 16.6 Å². The van der Waals surface area contributed by atoms with Crippen LogP contribution >= 0.6 is 0 Å². The van der Waals surface area contributed by atoms with Crippen LogP contribution in [0.2, 0.25) is 0 Å². The number of aromatic carboxylic acids is 1. The summed E-state index contributed by atoms with van der Waals surface area (Å²) in [7, 11) is -3.28. The first kappa shape index (κ1) is 18.4. The second-order valence-corrected chi connectivity index (χ2v) is 9.14. The van der Waals surface area contributed by atoms with Crippen LogP contribution in [0.1, 0.15) is 54.4 Å². The zero-order chi connectivity index (χ0) is 17.9. The molecule has 2 N–H and O–H groups in total. The van der Waals surface area contributed by atoms with Crippen molar-refractivity contribution in [2.45, 2.75) is 56.4 Å². The third-order valence-electron chi connectivity index (χ3n) is 5.19. The molecule has 0 bridgehead atoms. The highest BCUT2D eigenvalue weighted by molar-refractivity contribution is 7.90. The first-order valence-corrected chi connectivity index (χ1v) is 10.5. The van der Waals surface area contributed by atoms with Crippen LogP contribution in [0.15, 0.2) is 24.3 Å². The maximum absolute atomic E-state index is 12.7. The van der Waals surface area contributed by atoms with Gasteiger partial charge in [0.1, 0.15) is 0 Å². The van der Waals surface area contributed by atoms with Crippen LogP contribution in [-0.4, -0.2) is 48.8 Å². The molecule has 138 valence electrons. The summed E-state index contributed by atoms with van der Waals surface area (Å²) in [5.41, 5.74) is 1.27. The Kier molecular flexibility index (Phi) is 5.76. The molecule has 1 aliphatic carbocycles. The van der Waals surface area contributed by atoms with Crippen LogP contribution in [0, 0.1) is 0 Å². The van der Waals surface area contributed by atoms with Crippen molar-refractivity contribution in [1.82, 2.24) is 9.62 Å². The summed E-state index contributed by atoms with van der Waals surface area (Å²) in [4.78, 5) is 13.1. The number of piperidine rings is 1. The van der Waals surface area contributed by atoms with Gasteiger partial charge in [0.2, 0.25) is 10.0 Å². The Labute approximate surface area is 149 Å². The SMILES string of the molecule is O=C(O)c1ccc(CN2CCCC(S(=O)(=O)NC3CCCC3)C2)cc1. The minimum Gasteiger partial charge on any atom is -0.478 e. The van der Waals surface area contributed by atoms with E-state index in [1.54, 1.807) is 24.3 Å². The van der Waals surface area contributed by atoms with Crippen LogP contribution in [0.25, 0.3) is 0 Å². The molecule has 7 heteroatoms. The van der Waals surface area contributed by atoms with Gasteiger partial charge in [-0.3, -0.25) is 4.90 Å². The maximum atomic E-state index is 12.7. The normalized spacial score (nSPS) is 23.0. The first-order chi connectivity index (χ1) is 11.9. The average Bonchev–Trinajstić information content (AvgIpc) is 3.08. The zero-order valence-electron chi connectivity index (χ0n) is 14.4. The van der Waals surface area contributed by atoms with E-state index < -0.39 is 16.0 Å². The number of nitrogens with one attached hydrogen (secondary N) is 1. The number of rotatable bonds is 6. The molecule has 0 amide bonds. The molecule has 2 fully saturated rings. The number of carbonyl (C=O) groups is 1. The van der Waals surface area contributed by atoms with Gasteiger partial charge in [0.25, 0.3) is 0 Å². The van der Waals surface area contributed by atoms with E-state index in [9.17, 15) is 13.2 Å². The van der Waals surface area contributed by atoms with Crippen molar-refractivity contribution in [2.75, 3.05) is 13.1 Å². The predicted molar refractivity (Wildman–Crippen MR) is 96.0 cm³/mol. The summed E-state index contributed by atoms with van der Waals surface area (Å²) in [5.74, 6) is -0.936. The summed E-state index contributed by atoms with van der Waals surface area (Å²) in [6, 6.07) is 6.91. The van der Waals surface area contributed by atoms with Gasteiger partial charge in [0.15, 0.2) is 0 Å². The summed E-state index contributed by atoms with van der Waals surface area (Å²) < 4.78 is 28.2. The lowest BCUT2D eigenvalue weighted by Crippen LogP contribution is -2.48. The molecular weight excluding hydrogens is 340 g/mol. The maximum Gasteiger partial charge on any atom is 0.335 e. The number of benzene rings is 1. The van der Waals surface area contributed by atoms with E-state index in [2.05, 4.69) is 9.62 Å². The highest BCUT2D eigenvalue weighted by Gasteiger charge is 2.33. The lowest BCUT2D eigenvalue weighted by Gasteiger charge is -2.33. The third-order valence-corrected chi connectivity index (χ3v) is 7.12. The molecule has 1 aromatic carbocycles. The number of hydrogen-bond donors (Lipinski definition) is 2. The monoisotopic (exact) mass is 366 g/mol. The molecule has 1 atom stereocenters. The molecule has 0 radical (unpaired) electrons. The third kappa shape index (κ3) is 4.80. The van der Waals surface area contributed by atoms with Crippen molar-refractivity contribution in [3.8, 4) is 0 Å². The lowest BCUT2D eigenvalue weighted by molar-refractivity contribution is 0.0697. The minimum absolute atomic E-state index is 0.115. The first-order valence-electron chi connectivity index (χ1n) is 9.00. The Morgan fingerprint density at radius 1 is 1.12 bits per heavy atom. The molecule has 3 rings (SSSR count). The second-order valence-electron chi connectivity index (χ2n) is 7.15. The molecule has 1 saturated heterocycles. The molecular formula is C18H26N2O4S. The zero-order valence-corrected chi connectivity index (χ0v) is 15.2. The minimum atomic E-state index is -3.28. The predicted octanol–water partition coefficient (Wildman–Crippen LogP) is 2.21. The Balaban J connectivity index is 1.59. The van der Waals surface area contributed by atoms with Gasteiger partial charge in [-0.25, -0.2) is 17.9 Å². The van der Waals surface area contributed by atoms with E-state index >= 15 is 0 Å². The molecule has 1 saturated carbocycles. The number of sulfonamides is 1. The van der Waals surface area contributed by atoms with E-state index in [4.69, 9.17) is 5.11 Å². The molecule has 25 heavy (non-hydrogen) atoms. The Hall–Kier alpha value is -1.44. The number of likely N-dealkylation sites (tertiary alicyclic amines) is 1. The molecule has 1 aliphatic heterocycles. The van der Waals surface area contributed by atoms with Gasteiger partial charge >= 0.3 is 5.97 Å². The van der Waals surface area contributed by atoms with Crippen LogP contribution < -0.4 is 4.72 Å². The number of nitrogens with zero attached hydrogens (tertiary/aromatic N) is 1. The quantitative estimate of drug-likeness (QED) is 0.806. The highest BCUT2D eigenvalue weighted by Crippen LogP contribution is 2.23. The van der Waals surface area contributed by atoms with Gasteiger partial charge in [-0.1, -0.05) is 25.0 Å². The van der Waals surface area contributed by atoms with Crippen molar-refractivity contribution in [3.63, 3.8) is 0 Å². The van der Waals surface area contributed by atoms with E-state index in [0.29, 0.717) is 19.5 Å². The molecule has 0 spiro atoms. The number of hydrogen-bond acceptors (Lipinski definition) is 4. The van der Waals surface area contributed by atoms with Crippen LogP contribution in [0.5, 0.6) is 0 Å². The fourth-order valence-corrected chi connectivity index (χ4v) is 5.57. The Bertz CT molecular complexity index is 696.